The summed E-state index contributed by atoms with van der Waals surface area (Å²) < 4.78 is 5.50. The maximum atomic E-state index is 11.8. The summed E-state index contributed by atoms with van der Waals surface area (Å²) in [5.74, 6) is 0.186. The molecule has 104 valence electrons. The summed E-state index contributed by atoms with van der Waals surface area (Å²) >= 11 is 0. The molecule has 19 heavy (non-hydrogen) atoms. The van der Waals surface area contributed by atoms with E-state index in [4.69, 9.17) is 10.5 Å². The fourth-order valence-electron chi connectivity index (χ4n) is 1.76. The van der Waals surface area contributed by atoms with Crippen molar-refractivity contribution in [2.75, 3.05) is 20.2 Å². The molecular weight excluding hydrogens is 244 g/mol. The lowest BCUT2D eigenvalue weighted by atomic mass is 10.1. The van der Waals surface area contributed by atoms with Crippen molar-refractivity contribution in [2.24, 2.45) is 5.73 Å². The Hall–Kier alpha value is -2.04. The lowest BCUT2D eigenvalue weighted by Gasteiger charge is -2.15. The molecule has 5 heteroatoms. The highest BCUT2D eigenvalue weighted by Crippen LogP contribution is 2.19. The number of hydrogen-bond acceptors (Lipinski definition) is 3. The summed E-state index contributed by atoms with van der Waals surface area (Å²) in [6, 6.07) is 7.63. The zero-order valence-corrected chi connectivity index (χ0v) is 11.4. The van der Waals surface area contributed by atoms with Crippen LogP contribution in [0.1, 0.15) is 18.9 Å². The van der Waals surface area contributed by atoms with Crippen molar-refractivity contribution in [3.05, 3.63) is 29.8 Å². The molecule has 0 aliphatic heterocycles. The molecule has 1 aromatic carbocycles. The summed E-state index contributed by atoms with van der Waals surface area (Å²) in [6.07, 6.45) is 0.909. The van der Waals surface area contributed by atoms with Gasteiger partial charge in [0.25, 0.3) is 0 Å². The number of nitrogens with zero attached hydrogens (tertiary/aromatic N) is 1. The van der Waals surface area contributed by atoms with Gasteiger partial charge in [0.05, 0.1) is 13.2 Å². The first-order chi connectivity index (χ1) is 9.04. The van der Waals surface area contributed by atoms with E-state index in [0.29, 0.717) is 19.4 Å². The average molecular weight is 264 g/mol. The molecule has 0 saturated carbocycles. The predicted molar refractivity (Wildman–Crippen MR) is 72.8 cm³/mol. The van der Waals surface area contributed by atoms with Gasteiger partial charge in [0.1, 0.15) is 5.75 Å². The molecule has 0 bridgehead atoms. The van der Waals surface area contributed by atoms with Gasteiger partial charge in [-0.3, -0.25) is 9.59 Å². The summed E-state index contributed by atoms with van der Waals surface area (Å²) in [5.41, 5.74) is 6.04. The molecule has 0 fully saturated rings. The topological polar surface area (TPSA) is 72.6 Å². The van der Waals surface area contributed by atoms with Gasteiger partial charge in [-0.25, -0.2) is 0 Å². The number of rotatable bonds is 7. The second-order valence-corrected chi connectivity index (χ2v) is 4.26. The third-order valence-electron chi connectivity index (χ3n) is 2.70. The minimum atomic E-state index is -0.509. The molecule has 0 aromatic heterocycles. The normalized spacial score (nSPS) is 10.0. The first-order valence-corrected chi connectivity index (χ1v) is 6.27. The Balaban J connectivity index is 2.56. The molecule has 2 N–H and O–H groups in total. The Morgan fingerprint density at radius 1 is 1.32 bits per heavy atom. The average Bonchev–Trinajstić information content (AvgIpc) is 2.37. The van der Waals surface area contributed by atoms with Crippen molar-refractivity contribution < 1.29 is 14.3 Å². The van der Waals surface area contributed by atoms with Gasteiger partial charge in [0.2, 0.25) is 11.8 Å². The number of amides is 2. The van der Waals surface area contributed by atoms with Gasteiger partial charge >= 0.3 is 0 Å². The molecule has 0 aliphatic rings. The number of para-hydroxylation sites is 1. The fourth-order valence-corrected chi connectivity index (χ4v) is 1.76. The van der Waals surface area contributed by atoms with E-state index < -0.39 is 5.91 Å². The highest BCUT2D eigenvalue weighted by Gasteiger charge is 2.12. The number of hydrogen-bond donors (Lipinski definition) is 1. The van der Waals surface area contributed by atoms with Gasteiger partial charge in [-0.15, -0.1) is 0 Å². The number of aryl methyl sites for hydroxylation is 1. The van der Waals surface area contributed by atoms with E-state index in [0.717, 1.165) is 11.3 Å². The van der Waals surface area contributed by atoms with Crippen molar-refractivity contribution >= 4 is 11.8 Å². The second-order valence-electron chi connectivity index (χ2n) is 4.26. The van der Waals surface area contributed by atoms with Crippen LogP contribution in [0.4, 0.5) is 0 Å². The van der Waals surface area contributed by atoms with E-state index in [1.807, 2.05) is 31.2 Å². The van der Waals surface area contributed by atoms with Crippen molar-refractivity contribution in [2.45, 2.75) is 19.8 Å². The third kappa shape index (κ3) is 4.99. The number of carbonyl (C=O) groups excluding carboxylic acids is 2. The largest absolute Gasteiger partial charge is 0.494 e. The lowest BCUT2D eigenvalue weighted by Crippen LogP contribution is -2.35. The van der Waals surface area contributed by atoms with Crippen molar-refractivity contribution in [1.82, 2.24) is 4.90 Å². The highest BCUT2D eigenvalue weighted by atomic mass is 16.5. The predicted octanol–water partition coefficient (Wildman–Crippen LogP) is 0.962. The molecule has 0 unspecified atom stereocenters. The Labute approximate surface area is 113 Å². The van der Waals surface area contributed by atoms with E-state index in [-0.39, 0.29) is 12.5 Å². The Morgan fingerprint density at radius 3 is 2.63 bits per heavy atom. The highest BCUT2D eigenvalue weighted by molar-refractivity contribution is 5.83. The first kappa shape index (κ1) is 15.0. The quantitative estimate of drug-likeness (QED) is 0.797. The van der Waals surface area contributed by atoms with E-state index in [1.54, 1.807) is 7.05 Å². The van der Waals surface area contributed by atoms with Crippen LogP contribution in [0.15, 0.2) is 24.3 Å². The van der Waals surface area contributed by atoms with Crippen LogP contribution in [-0.4, -0.2) is 36.9 Å². The van der Waals surface area contributed by atoms with E-state index in [1.165, 1.54) is 4.90 Å². The van der Waals surface area contributed by atoms with Crippen LogP contribution in [0.2, 0.25) is 0 Å². The third-order valence-corrected chi connectivity index (χ3v) is 2.70. The Bertz CT molecular complexity index is 446. The van der Waals surface area contributed by atoms with Crippen LogP contribution in [0.5, 0.6) is 5.75 Å². The van der Waals surface area contributed by atoms with Gasteiger partial charge in [0, 0.05) is 13.5 Å². The van der Waals surface area contributed by atoms with Gasteiger partial charge in [-0.05, 0) is 25.0 Å². The van der Waals surface area contributed by atoms with Gasteiger partial charge in [-0.2, -0.15) is 0 Å². The van der Waals surface area contributed by atoms with E-state index in [9.17, 15) is 9.59 Å². The summed E-state index contributed by atoms with van der Waals surface area (Å²) in [5, 5.41) is 0. The molecule has 0 spiro atoms. The van der Waals surface area contributed by atoms with Crippen LogP contribution < -0.4 is 10.5 Å². The van der Waals surface area contributed by atoms with Crippen LogP contribution in [0, 0.1) is 0 Å². The molecule has 0 heterocycles. The minimum Gasteiger partial charge on any atom is -0.494 e. The fraction of sp³-hybridized carbons (Fsp3) is 0.429. The maximum Gasteiger partial charge on any atom is 0.237 e. The second kappa shape index (κ2) is 7.41. The monoisotopic (exact) mass is 264 g/mol. The minimum absolute atomic E-state index is 0.0497. The van der Waals surface area contributed by atoms with E-state index >= 15 is 0 Å². The molecular formula is C14H20N2O3. The van der Waals surface area contributed by atoms with Crippen LogP contribution in [-0.2, 0) is 16.0 Å². The number of carbonyl (C=O) groups is 2. The van der Waals surface area contributed by atoms with Crippen LogP contribution in [0.3, 0.4) is 0 Å². The van der Waals surface area contributed by atoms with Crippen LogP contribution in [0.25, 0.3) is 0 Å². The molecule has 2 amide bonds. The Morgan fingerprint density at radius 2 is 2.00 bits per heavy atom. The zero-order valence-electron chi connectivity index (χ0n) is 11.4. The molecule has 1 aromatic rings. The molecule has 5 nitrogen and oxygen atoms in total. The number of primary amides is 1. The maximum absolute atomic E-state index is 11.8. The number of benzene rings is 1. The van der Waals surface area contributed by atoms with Gasteiger partial charge < -0.3 is 15.4 Å². The zero-order chi connectivity index (χ0) is 14.3. The van der Waals surface area contributed by atoms with E-state index in [2.05, 4.69) is 0 Å². The number of ether oxygens (including phenoxy) is 1. The molecule has 0 atom stereocenters. The molecule has 0 radical (unpaired) electrons. The number of nitrogens with two attached hydrogens (primary N) is 1. The lowest BCUT2D eigenvalue weighted by molar-refractivity contribution is -0.133. The van der Waals surface area contributed by atoms with Gasteiger partial charge in [-0.1, -0.05) is 18.2 Å². The summed E-state index contributed by atoms with van der Waals surface area (Å²) in [6.45, 7) is 2.46. The van der Waals surface area contributed by atoms with Crippen molar-refractivity contribution in [1.29, 1.82) is 0 Å². The van der Waals surface area contributed by atoms with Crippen LogP contribution >= 0.6 is 0 Å². The van der Waals surface area contributed by atoms with Crippen molar-refractivity contribution in [3.8, 4) is 5.75 Å². The molecule has 0 saturated heterocycles. The molecule has 0 aliphatic carbocycles. The standard InChI is InChI=1S/C14H20N2O3/c1-3-19-12-7-5-4-6-11(12)8-9-14(18)16(2)10-13(15)17/h4-7H,3,8-10H2,1-2H3,(H2,15,17). The summed E-state index contributed by atoms with van der Waals surface area (Å²) in [4.78, 5) is 23.9. The SMILES string of the molecule is CCOc1ccccc1CCC(=O)N(C)CC(N)=O. The number of likely N-dealkylation sites (N-methyl/N-ethyl adjacent to an activating group) is 1. The smallest absolute Gasteiger partial charge is 0.237 e. The van der Waals surface area contributed by atoms with Gasteiger partial charge in [0.15, 0.2) is 0 Å². The van der Waals surface area contributed by atoms with Crippen molar-refractivity contribution in [3.63, 3.8) is 0 Å². The molecule has 1 rings (SSSR count). The Kier molecular flexibility index (Phi) is 5.85. The summed E-state index contributed by atoms with van der Waals surface area (Å²) in [7, 11) is 1.57. The first-order valence-electron chi connectivity index (χ1n) is 6.27.